The molecular formula is C26H48O8. The summed E-state index contributed by atoms with van der Waals surface area (Å²) in [5.74, 6) is -0.955. The van der Waals surface area contributed by atoms with E-state index in [4.69, 9.17) is 14.2 Å². The molecule has 0 radical (unpaired) electrons. The number of carbonyl (C=O) groups is 2. The van der Waals surface area contributed by atoms with Crippen molar-refractivity contribution in [1.29, 1.82) is 0 Å². The van der Waals surface area contributed by atoms with Crippen LogP contribution in [0, 0.1) is 0 Å². The van der Waals surface area contributed by atoms with E-state index in [-0.39, 0.29) is 19.4 Å². The fourth-order valence-electron chi connectivity index (χ4n) is 4.10. The fraction of sp³-hybridized carbons (Fsp3) is 0.923. The van der Waals surface area contributed by atoms with Gasteiger partial charge < -0.3 is 29.5 Å². The first-order valence-electron chi connectivity index (χ1n) is 13.4. The lowest BCUT2D eigenvalue weighted by molar-refractivity contribution is -0.291. The third-order valence-corrected chi connectivity index (χ3v) is 6.31. The van der Waals surface area contributed by atoms with Gasteiger partial charge in [-0.3, -0.25) is 9.59 Å². The minimum absolute atomic E-state index is 0.180. The number of esters is 2. The third-order valence-electron chi connectivity index (χ3n) is 6.31. The van der Waals surface area contributed by atoms with Gasteiger partial charge in [0.25, 0.3) is 0 Å². The van der Waals surface area contributed by atoms with Crippen LogP contribution in [0.1, 0.15) is 117 Å². The number of hydrogen-bond donors (Lipinski definition) is 3. The molecule has 1 saturated heterocycles. The van der Waals surface area contributed by atoms with Gasteiger partial charge in [0, 0.05) is 12.8 Å². The van der Waals surface area contributed by atoms with Gasteiger partial charge in [-0.05, 0) is 12.8 Å². The molecule has 1 unspecified atom stereocenters. The van der Waals surface area contributed by atoms with Crippen LogP contribution in [0.3, 0.4) is 0 Å². The van der Waals surface area contributed by atoms with E-state index in [0.29, 0.717) is 6.42 Å². The zero-order valence-corrected chi connectivity index (χ0v) is 21.3. The molecule has 3 N–H and O–H groups in total. The highest BCUT2D eigenvalue weighted by atomic mass is 16.7. The first-order chi connectivity index (χ1) is 16.4. The van der Waals surface area contributed by atoms with Gasteiger partial charge in [-0.25, -0.2) is 0 Å². The standard InChI is InChI=1S/C26H48O8/c1-3-5-7-9-11-13-15-17-21(27)32-19-20-23(29)24(30)25(26(31)33-20)34-22(28)18-16-14-12-10-8-6-4-2/h20,23-26,29-31H,3-19H2,1-2H3/t20-,23-,24+,25-,26?/m1/s1. The van der Waals surface area contributed by atoms with Crippen molar-refractivity contribution in [3.8, 4) is 0 Å². The second-order valence-corrected chi connectivity index (χ2v) is 9.43. The van der Waals surface area contributed by atoms with Crippen LogP contribution < -0.4 is 0 Å². The first kappa shape index (κ1) is 30.8. The topological polar surface area (TPSA) is 123 Å². The zero-order chi connectivity index (χ0) is 25.2. The van der Waals surface area contributed by atoms with Crippen LogP contribution >= 0.6 is 0 Å². The summed E-state index contributed by atoms with van der Waals surface area (Å²) in [5, 5.41) is 30.8. The quantitative estimate of drug-likeness (QED) is 0.183. The van der Waals surface area contributed by atoms with Crippen molar-refractivity contribution in [3.05, 3.63) is 0 Å². The number of unbranched alkanes of at least 4 members (excludes halogenated alkanes) is 12. The van der Waals surface area contributed by atoms with E-state index >= 15 is 0 Å². The van der Waals surface area contributed by atoms with Crippen LogP contribution in [-0.2, 0) is 23.8 Å². The second-order valence-electron chi connectivity index (χ2n) is 9.43. The van der Waals surface area contributed by atoms with E-state index < -0.39 is 42.6 Å². The average Bonchev–Trinajstić information content (AvgIpc) is 2.82. The van der Waals surface area contributed by atoms with Gasteiger partial charge >= 0.3 is 11.9 Å². The summed E-state index contributed by atoms with van der Waals surface area (Å²) in [4.78, 5) is 24.0. The molecular weight excluding hydrogens is 440 g/mol. The molecule has 5 atom stereocenters. The highest BCUT2D eigenvalue weighted by molar-refractivity contribution is 5.69. The summed E-state index contributed by atoms with van der Waals surface area (Å²) >= 11 is 0. The first-order valence-corrected chi connectivity index (χ1v) is 13.4. The normalized spacial score (nSPS) is 24.7. The highest BCUT2D eigenvalue weighted by Crippen LogP contribution is 2.24. The van der Waals surface area contributed by atoms with Gasteiger partial charge in [0.2, 0.25) is 0 Å². The van der Waals surface area contributed by atoms with E-state index in [1.54, 1.807) is 0 Å². The van der Waals surface area contributed by atoms with Crippen molar-refractivity contribution in [2.75, 3.05) is 6.61 Å². The number of ether oxygens (including phenoxy) is 3. The Hall–Kier alpha value is -1.22. The van der Waals surface area contributed by atoms with Gasteiger partial charge in [-0.15, -0.1) is 0 Å². The predicted octanol–water partition coefficient (Wildman–Crippen LogP) is 4.16. The Labute approximate surface area is 205 Å². The molecule has 0 aromatic carbocycles. The minimum atomic E-state index is -1.61. The molecule has 0 saturated carbocycles. The molecule has 0 bridgehead atoms. The second kappa shape index (κ2) is 19.0. The SMILES string of the molecule is CCCCCCCCCC(=O)OC[C@H]1OC(O)[C@H](OC(=O)CCCCCCCCC)[C@@H](O)[C@@H]1O. The van der Waals surface area contributed by atoms with E-state index in [1.807, 2.05) is 0 Å². The summed E-state index contributed by atoms with van der Waals surface area (Å²) in [5.41, 5.74) is 0. The summed E-state index contributed by atoms with van der Waals surface area (Å²) < 4.78 is 15.6. The molecule has 200 valence electrons. The van der Waals surface area contributed by atoms with Crippen LogP contribution in [0.4, 0.5) is 0 Å². The molecule has 1 aliphatic rings. The number of aliphatic hydroxyl groups excluding tert-OH is 3. The van der Waals surface area contributed by atoms with E-state index in [1.165, 1.54) is 44.9 Å². The number of aliphatic hydroxyl groups is 3. The lowest BCUT2D eigenvalue weighted by Crippen LogP contribution is -2.60. The highest BCUT2D eigenvalue weighted by Gasteiger charge is 2.46. The van der Waals surface area contributed by atoms with Gasteiger partial charge in [0.05, 0.1) is 0 Å². The maximum atomic E-state index is 12.1. The molecule has 1 aliphatic heterocycles. The van der Waals surface area contributed by atoms with Crippen molar-refractivity contribution in [2.24, 2.45) is 0 Å². The molecule has 0 spiro atoms. The molecule has 1 heterocycles. The Balaban J connectivity index is 2.25. The lowest BCUT2D eigenvalue weighted by Gasteiger charge is -2.39. The smallest absolute Gasteiger partial charge is 0.306 e. The zero-order valence-electron chi connectivity index (χ0n) is 21.3. The number of hydrogen-bond acceptors (Lipinski definition) is 8. The van der Waals surface area contributed by atoms with Crippen LogP contribution in [0.2, 0.25) is 0 Å². The molecule has 8 nitrogen and oxygen atoms in total. The third kappa shape index (κ3) is 13.0. The van der Waals surface area contributed by atoms with Crippen LogP contribution in [0.5, 0.6) is 0 Å². The molecule has 34 heavy (non-hydrogen) atoms. The Bertz CT molecular complexity index is 539. The average molecular weight is 489 g/mol. The molecule has 8 heteroatoms. The molecule has 0 amide bonds. The van der Waals surface area contributed by atoms with Gasteiger partial charge in [-0.2, -0.15) is 0 Å². The van der Waals surface area contributed by atoms with Gasteiger partial charge in [-0.1, -0.05) is 90.9 Å². The maximum Gasteiger partial charge on any atom is 0.306 e. The largest absolute Gasteiger partial charge is 0.463 e. The van der Waals surface area contributed by atoms with E-state index in [0.717, 1.165) is 38.5 Å². The summed E-state index contributed by atoms with van der Waals surface area (Å²) in [6.45, 7) is 4.05. The van der Waals surface area contributed by atoms with Crippen LogP contribution in [-0.4, -0.2) is 64.6 Å². The van der Waals surface area contributed by atoms with Crippen molar-refractivity contribution in [2.45, 2.75) is 147 Å². The molecule has 0 aromatic rings. The van der Waals surface area contributed by atoms with Crippen LogP contribution in [0.15, 0.2) is 0 Å². The lowest BCUT2D eigenvalue weighted by atomic mass is 9.99. The van der Waals surface area contributed by atoms with Crippen molar-refractivity contribution < 1.29 is 39.1 Å². The maximum absolute atomic E-state index is 12.1. The van der Waals surface area contributed by atoms with Gasteiger partial charge in [0.1, 0.15) is 24.9 Å². The predicted molar refractivity (Wildman–Crippen MR) is 129 cm³/mol. The molecule has 0 aliphatic carbocycles. The monoisotopic (exact) mass is 488 g/mol. The summed E-state index contributed by atoms with van der Waals surface area (Å²) in [6, 6.07) is 0. The molecule has 1 fully saturated rings. The number of rotatable bonds is 19. The summed E-state index contributed by atoms with van der Waals surface area (Å²) in [7, 11) is 0. The molecule has 1 rings (SSSR count). The Kier molecular flexibility index (Phi) is 17.2. The number of carbonyl (C=O) groups excluding carboxylic acids is 2. The molecule has 0 aromatic heterocycles. The van der Waals surface area contributed by atoms with Crippen molar-refractivity contribution in [1.82, 2.24) is 0 Å². The van der Waals surface area contributed by atoms with E-state index in [9.17, 15) is 24.9 Å². The minimum Gasteiger partial charge on any atom is -0.463 e. The van der Waals surface area contributed by atoms with Crippen molar-refractivity contribution in [3.63, 3.8) is 0 Å². The Morgan fingerprint density at radius 3 is 1.68 bits per heavy atom. The Morgan fingerprint density at radius 2 is 1.15 bits per heavy atom. The summed E-state index contributed by atoms with van der Waals surface area (Å²) in [6.07, 6.45) is 8.42. The Morgan fingerprint density at radius 1 is 0.676 bits per heavy atom. The van der Waals surface area contributed by atoms with E-state index in [2.05, 4.69) is 13.8 Å². The van der Waals surface area contributed by atoms with Crippen LogP contribution in [0.25, 0.3) is 0 Å². The fourth-order valence-corrected chi connectivity index (χ4v) is 4.10. The van der Waals surface area contributed by atoms with Gasteiger partial charge in [0.15, 0.2) is 12.4 Å². The van der Waals surface area contributed by atoms with Crippen molar-refractivity contribution >= 4 is 11.9 Å².